The van der Waals surface area contributed by atoms with Gasteiger partial charge in [-0.3, -0.25) is 9.59 Å². The Bertz CT molecular complexity index is 908. The van der Waals surface area contributed by atoms with Crippen LogP contribution in [0.15, 0.2) is 35.1 Å². The van der Waals surface area contributed by atoms with E-state index in [1.165, 1.54) is 14.0 Å². The Kier molecular flexibility index (Phi) is 5.30. The second kappa shape index (κ2) is 7.26. The average Bonchev–Trinajstić information content (AvgIpc) is 2.61. The van der Waals surface area contributed by atoms with Gasteiger partial charge in [0, 0.05) is 6.07 Å². The lowest BCUT2D eigenvalue weighted by atomic mass is 9.99. The second-order valence-corrected chi connectivity index (χ2v) is 5.75. The maximum absolute atomic E-state index is 12.5. The molecule has 1 amide bonds. The quantitative estimate of drug-likeness (QED) is 0.697. The number of para-hydroxylation sites is 2. The van der Waals surface area contributed by atoms with Crippen molar-refractivity contribution in [1.29, 1.82) is 0 Å². The van der Waals surface area contributed by atoms with Crippen molar-refractivity contribution in [1.82, 2.24) is 15.1 Å². The molecule has 0 aliphatic carbocycles. The summed E-state index contributed by atoms with van der Waals surface area (Å²) >= 11 is 0. The van der Waals surface area contributed by atoms with Crippen LogP contribution in [0.25, 0.3) is 5.69 Å². The average molecular weight is 361 g/mol. The van der Waals surface area contributed by atoms with Crippen LogP contribution in [0.2, 0.25) is 0 Å². The number of rotatable bonds is 6. The first-order valence-corrected chi connectivity index (χ1v) is 7.76. The molecule has 0 aliphatic heterocycles. The highest BCUT2D eigenvalue weighted by atomic mass is 16.5. The fourth-order valence-electron chi connectivity index (χ4n) is 2.19. The number of aromatic hydroxyl groups is 1. The summed E-state index contributed by atoms with van der Waals surface area (Å²) in [6.07, 6.45) is 0.112. The molecule has 0 saturated carbocycles. The number of aromatic nitrogens is 2. The Balaban J connectivity index is 2.53. The van der Waals surface area contributed by atoms with Crippen molar-refractivity contribution in [3.05, 3.63) is 46.4 Å². The zero-order valence-corrected chi connectivity index (χ0v) is 14.5. The number of aliphatic carboxylic acids is 1. The van der Waals surface area contributed by atoms with E-state index in [9.17, 15) is 24.6 Å². The zero-order valence-electron chi connectivity index (χ0n) is 14.5. The van der Waals surface area contributed by atoms with Gasteiger partial charge in [0.15, 0.2) is 11.4 Å². The molecule has 1 atom stereocenters. The third-order valence-corrected chi connectivity index (χ3v) is 4.01. The highest BCUT2D eigenvalue weighted by molar-refractivity contribution is 5.98. The fourth-order valence-corrected chi connectivity index (χ4v) is 2.19. The van der Waals surface area contributed by atoms with Crippen LogP contribution in [-0.2, 0) is 4.79 Å². The van der Waals surface area contributed by atoms with Gasteiger partial charge >= 0.3 is 5.97 Å². The van der Waals surface area contributed by atoms with Gasteiger partial charge in [-0.25, -0.2) is 4.79 Å². The van der Waals surface area contributed by atoms with Crippen LogP contribution in [0.4, 0.5) is 0 Å². The summed E-state index contributed by atoms with van der Waals surface area (Å²) in [4.78, 5) is 36.0. The van der Waals surface area contributed by atoms with Crippen LogP contribution in [0.1, 0.15) is 30.8 Å². The topological polar surface area (TPSA) is 131 Å². The predicted molar refractivity (Wildman–Crippen MR) is 91.8 cm³/mol. The minimum absolute atomic E-state index is 0.112. The van der Waals surface area contributed by atoms with E-state index in [-0.39, 0.29) is 12.1 Å². The number of hydrogen-bond acceptors (Lipinski definition) is 6. The molecule has 0 aliphatic rings. The van der Waals surface area contributed by atoms with E-state index < -0.39 is 34.4 Å². The molecule has 1 aromatic heterocycles. The molecule has 3 N–H and O–H groups in total. The van der Waals surface area contributed by atoms with Crippen molar-refractivity contribution < 1.29 is 24.5 Å². The molecule has 1 aromatic carbocycles. The first-order chi connectivity index (χ1) is 12.2. The largest absolute Gasteiger partial charge is 0.505 e. The number of carbonyl (C=O) groups excluding carboxylic acids is 1. The standard InChI is InChI=1S/C17H19N3O6/c1-4-17(2,16(24)25)18-15(23)14-11(21)9-13(22)20(19-14)10-7-5-6-8-12(10)26-3/h5-9,21H,4H2,1-3H3,(H,18,23)(H,24,25). The molecule has 2 aromatic rings. The summed E-state index contributed by atoms with van der Waals surface area (Å²) in [7, 11) is 1.41. The lowest BCUT2D eigenvalue weighted by Gasteiger charge is -2.24. The van der Waals surface area contributed by atoms with E-state index in [0.717, 1.165) is 10.7 Å². The van der Waals surface area contributed by atoms with Crippen molar-refractivity contribution in [2.75, 3.05) is 7.11 Å². The van der Waals surface area contributed by atoms with Gasteiger partial charge in [0.2, 0.25) is 0 Å². The van der Waals surface area contributed by atoms with Crippen LogP contribution in [-0.4, -0.2) is 44.5 Å². The fraction of sp³-hybridized carbons (Fsp3) is 0.294. The van der Waals surface area contributed by atoms with Gasteiger partial charge < -0.3 is 20.3 Å². The van der Waals surface area contributed by atoms with E-state index in [2.05, 4.69) is 10.4 Å². The molecule has 1 unspecified atom stereocenters. The Morgan fingerprint density at radius 3 is 2.58 bits per heavy atom. The van der Waals surface area contributed by atoms with Gasteiger partial charge in [0.05, 0.1) is 7.11 Å². The van der Waals surface area contributed by atoms with Gasteiger partial charge in [-0.15, -0.1) is 0 Å². The molecule has 9 heteroatoms. The maximum Gasteiger partial charge on any atom is 0.329 e. The molecule has 0 bridgehead atoms. The molecular weight excluding hydrogens is 342 g/mol. The highest BCUT2D eigenvalue weighted by Gasteiger charge is 2.34. The number of carboxylic acids is 1. The summed E-state index contributed by atoms with van der Waals surface area (Å²) in [5.41, 5.74) is -2.43. The Morgan fingerprint density at radius 1 is 1.35 bits per heavy atom. The van der Waals surface area contributed by atoms with Crippen molar-refractivity contribution >= 4 is 11.9 Å². The normalized spacial score (nSPS) is 12.9. The molecule has 2 rings (SSSR count). The van der Waals surface area contributed by atoms with E-state index >= 15 is 0 Å². The van der Waals surface area contributed by atoms with Gasteiger partial charge in [-0.2, -0.15) is 9.78 Å². The predicted octanol–water partition coefficient (Wildman–Crippen LogP) is 0.930. The van der Waals surface area contributed by atoms with Gasteiger partial charge in [0.25, 0.3) is 11.5 Å². The van der Waals surface area contributed by atoms with Crippen LogP contribution >= 0.6 is 0 Å². The Labute approximate surface area is 148 Å². The highest BCUT2D eigenvalue weighted by Crippen LogP contribution is 2.21. The summed E-state index contributed by atoms with van der Waals surface area (Å²) in [6, 6.07) is 7.34. The molecule has 0 spiro atoms. The molecule has 0 fully saturated rings. The summed E-state index contributed by atoms with van der Waals surface area (Å²) in [5, 5.41) is 25.4. The molecule has 0 radical (unpaired) electrons. The summed E-state index contributed by atoms with van der Waals surface area (Å²) in [6.45, 7) is 2.93. The number of benzene rings is 1. The van der Waals surface area contributed by atoms with Crippen LogP contribution in [0, 0.1) is 0 Å². The van der Waals surface area contributed by atoms with E-state index in [1.807, 2.05) is 0 Å². The molecule has 9 nitrogen and oxygen atoms in total. The third kappa shape index (κ3) is 3.51. The number of carboxylic acid groups (broad SMARTS) is 1. The van der Waals surface area contributed by atoms with Crippen LogP contribution in [0.3, 0.4) is 0 Å². The summed E-state index contributed by atoms with van der Waals surface area (Å²) in [5.74, 6) is -2.46. The minimum Gasteiger partial charge on any atom is -0.505 e. The number of amides is 1. The van der Waals surface area contributed by atoms with Crippen molar-refractivity contribution in [3.8, 4) is 17.2 Å². The molecule has 26 heavy (non-hydrogen) atoms. The van der Waals surface area contributed by atoms with E-state index in [0.29, 0.717) is 5.75 Å². The number of nitrogens with one attached hydrogen (secondary N) is 1. The number of ether oxygens (including phenoxy) is 1. The number of nitrogens with zero attached hydrogens (tertiary/aromatic N) is 2. The zero-order chi connectivity index (χ0) is 19.5. The maximum atomic E-state index is 12.5. The first-order valence-electron chi connectivity index (χ1n) is 7.76. The SMILES string of the molecule is CCC(C)(NC(=O)c1nn(-c2ccccc2OC)c(=O)cc1O)C(=O)O. The monoisotopic (exact) mass is 361 g/mol. The van der Waals surface area contributed by atoms with Gasteiger partial charge in [-0.1, -0.05) is 19.1 Å². The van der Waals surface area contributed by atoms with E-state index in [4.69, 9.17) is 4.74 Å². The summed E-state index contributed by atoms with van der Waals surface area (Å²) < 4.78 is 6.07. The lowest BCUT2D eigenvalue weighted by molar-refractivity contribution is -0.143. The Morgan fingerprint density at radius 2 is 2.00 bits per heavy atom. The Hall–Kier alpha value is -3.36. The number of hydrogen-bond donors (Lipinski definition) is 3. The molecule has 1 heterocycles. The van der Waals surface area contributed by atoms with Crippen molar-refractivity contribution in [3.63, 3.8) is 0 Å². The first kappa shape index (κ1) is 19.0. The number of methoxy groups -OCH3 is 1. The van der Waals surface area contributed by atoms with Crippen molar-refractivity contribution in [2.24, 2.45) is 0 Å². The van der Waals surface area contributed by atoms with E-state index in [1.54, 1.807) is 31.2 Å². The molecule has 0 saturated heterocycles. The molecular formula is C17H19N3O6. The number of carbonyl (C=O) groups is 2. The second-order valence-electron chi connectivity index (χ2n) is 5.75. The molecule has 138 valence electrons. The van der Waals surface area contributed by atoms with Crippen LogP contribution < -0.4 is 15.6 Å². The van der Waals surface area contributed by atoms with Crippen molar-refractivity contribution in [2.45, 2.75) is 25.8 Å². The lowest BCUT2D eigenvalue weighted by Crippen LogP contribution is -2.52. The van der Waals surface area contributed by atoms with Crippen LogP contribution in [0.5, 0.6) is 11.5 Å². The van der Waals surface area contributed by atoms with Gasteiger partial charge in [0.1, 0.15) is 17.0 Å². The minimum atomic E-state index is -1.55. The third-order valence-electron chi connectivity index (χ3n) is 4.01. The van der Waals surface area contributed by atoms with Gasteiger partial charge in [-0.05, 0) is 25.5 Å². The smallest absolute Gasteiger partial charge is 0.329 e.